The van der Waals surface area contributed by atoms with Crippen LogP contribution in [0.4, 0.5) is 5.69 Å². The Morgan fingerprint density at radius 1 is 1.05 bits per heavy atom. The zero-order valence-corrected chi connectivity index (χ0v) is 14.5. The van der Waals surface area contributed by atoms with Gasteiger partial charge in [0.25, 0.3) is 0 Å². The standard InChI is InChI=1S/C19H26N3/c1-15-13-16(7-8-18(15)21(5)6)14-20-22-11-9-17(10-12-22)19(2,3)4/h7-14H,1-6H3/q+1/b20-14+. The molecule has 0 saturated carbocycles. The van der Waals surface area contributed by atoms with Crippen LogP contribution in [0.25, 0.3) is 0 Å². The van der Waals surface area contributed by atoms with Crippen molar-refractivity contribution < 1.29 is 4.68 Å². The van der Waals surface area contributed by atoms with Crippen molar-refractivity contribution in [2.45, 2.75) is 33.1 Å². The first-order valence-electron chi connectivity index (χ1n) is 7.61. The molecule has 1 aromatic carbocycles. The first-order valence-corrected chi connectivity index (χ1v) is 7.61. The molecule has 3 heteroatoms. The van der Waals surface area contributed by atoms with Crippen molar-refractivity contribution >= 4 is 11.9 Å². The minimum atomic E-state index is 0.169. The van der Waals surface area contributed by atoms with E-state index in [0.29, 0.717) is 0 Å². The van der Waals surface area contributed by atoms with Gasteiger partial charge in [-0.15, -0.1) is 0 Å². The van der Waals surface area contributed by atoms with Crippen LogP contribution in [0.5, 0.6) is 0 Å². The lowest BCUT2D eigenvalue weighted by Crippen LogP contribution is -2.27. The number of aryl methyl sites for hydroxylation is 1. The summed E-state index contributed by atoms with van der Waals surface area (Å²) in [4.78, 5) is 2.12. The van der Waals surface area contributed by atoms with Crippen molar-refractivity contribution in [2.24, 2.45) is 5.10 Å². The monoisotopic (exact) mass is 296 g/mol. The summed E-state index contributed by atoms with van der Waals surface area (Å²) in [6.45, 7) is 8.76. The zero-order valence-electron chi connectivity index (χ0n) is 14.5. The topological polar surface area (TPSA) is 19.5 Å². The van der Waals surface area contributed by atoms with Crippen LogP contribution in [0.3, 0.4) is 0 Å². The van der Waals surface area contributed by atoms with Gasteiger partial charge in [0, 0.05) is 31.9 Å². The largest absolute Gasteiger partial charge is 0.377 e. The molecule has 0 fully saturated rings. The van der Waals surface area contributed by atoms with E-state index >= 15 is 0 Å². The van der Waals surface area contributed by atoms with E-state index in [1.165, 1.54) is 16.8 Å². The summed E-state index contributed by atoms with van der Waals surface area (Å²) < 4.78 is 1.84. The highest BCUT2D eigenvalue weighted by atomic mass is 15.3. The molecule has 0 radical (unpaired) electrons. The van der Waals surface area contributed by atoms with Crippen LogP contribution >= 0.6 is 0 Å². The number of benzene rings is 1. The van der Waals surface area contributed by atoms with Gasteiger partial charge in [0.15, 0.2) is 0 Å². The number of nitrogens with zero attached hydrogens (tertiary/aromatic N) is 3. The minimum Gasteiger partial charge on any atom is -0.377 e. The first kappa shape index (κ1) is 16.2. The van der Waals surface area contributed by atoms with Crippen molar-refractivity contribution in [3.8, 4) is 0 Å². The number of hydrogen-bond acceptors (Lipinski definition) is 2. The van der Waals surface area contributed by atoms with Gasteiger partial charge in [-0.25, -0.2) is 0 Å². The second kappa shape index (κ2) is 6.30. The highest BCUT2D eigenvalue weighted by Gasteiger charge is 2.14. The molecular formula is C19H26N3+. The van der Waals surface area contributed by atoms with Gasteiger partial charge in [-0.05, 0) is 46.3 Å². The zero-order chi connectivity index (χ0) is 16.3. The molecule has 22 heavy (non-hydrogen) atoms. The SMILES string of the molecule is Cc1cc(/C=N/[n+]2ccc(C(C)(C)C)cc2)ccc1N(C)C. The maximum atomic E-state index is 4.49. The first-order chi connectivity index (χ1) is 10.3. The highest BCUT2D eigenvalue weighted by Crippen LogP contribution is 2.20. The maximum Gasteiger partial charge on any atom is 0.202 e. The van der Waals surface area contributed by atoms with Crippen molar-refractivity contribution in [3.05, 3.63) is 59.4 Å². The Labute approximate surface area is 133 Å². The lowest BCUT2D eigenvalue weighted by atomic mass is 9.88. The second-order valence-electron chi connectivity index (χ2n) is 6.90. The third-order valence-corrected chi connectivity index (χ3v) is 3.72. The van der Waals surface area contributed by atoms with Crippen LogP contribution < -0.4 is 9.58 Å². The van der Waals surface area contributed by atoms with Crippen molar-refractivity contribution in [2.75, 3.05) is 19.0 Å². The fraction of sp³-hybridized carbons (Fsp3) is 0.368. The molecule has 0 amide bonds. The van der Waals surface area contributed by atoms with Crippen LogP contribution in [0.2, 0.25) is 0 Å². The summed E-state index contributed by atoms with van der Waals surface area (Å²) in [7, 11) is 4.12. The normalized spacial score (nSPS) is 11.9. The molecule has 1 aromatic heterocycles. The van der Waals surface area contributed by atoms with Gasteiger partial charge in [0.1, 0.15) is 6.21 Å². The smallest absolute Gasteiger partial charge is 0.202 e. The van der Waals surface area contributed by atoms with Crippen LogP contribution in [-0.2, 0) is 5.41 Å². The molecule has 0 unspecified atom stereocenters. The predicted octanol–water partition coefficient (Wildman–Crippen LogP) is 3.53. The Hall–Kier alpha value is -2.16. The molecule has 2 aromatic rings. The van der Waals surface area contributed by atoms with Gasteiger partial charge in [-0.2, -0.15) is 0 Å². The summed E-state index contributed by atoms with van der Waals surface area (Å²) in [5.41, 5.74) is 5.07. The van der Waals surface area contributed by atoms with Crippen molar-refractivity contribution in [1.82, 2.24) is 0 Å². The molecule has 0 aliphatic heterocycles. The van der Waals surface area contributed by atoms with E-state index in [1.54, 1.807) is 0 Å². The van der Waals surface area contributed by atoms with Crippen LogP contribution in [0.15, 0.2) is 47.8 Å². The molecule has 0 saturated heterocycles. The fourth-order valence-electron chi connectivity index (χ4n) is 2.39. The lowest BCUT2D eigenvalue weighted by Gasteiger charge is -2.17. The Morgan fingerprint density at radius 2 is 1.68 bits per heavy atom. The molecule has 1 heterocycles. The molecule has 0 N–H and O–H groups in total. The molecule has 0 spiro atoms. The lowest BCUT2D eigenvalue weighted by molar-refractivity contribution is -0.678. The van der Waals surface area contributed by atoms with Gasteiger partial charge < -0.3 is 4.90 Å². The molecule has 116 valence electrons. The number of rotatable bonds is 3. The average molecular weight is 296 g/mol. The quantitative estimate of drug-likeness (QED) is 0.626. The third-order valence-electron chi connectivity index (χ3n) is 3.72. The van der Waals surface area contributed by atoms with Crippen molar-refractivity contribution in [1.29, 1.82) is 0 Å². The van der Waals surface area contributed by atoms with E-state index in [2.05, 4.69) is 82.1 Å². The molecule has 0 aliphatic carbocycles. The van der Waals surface area contributed by atoms with Gasteiger partial charge >= 0.3 is 0 Å². The van der Waals surface area contributed by atoms with Gasteiger partial charge in [-0.1, -0.05) is 31.5 Å². The summed E-state index contributed by atoms with van der Waals surface area (Å²) in [6, 6.07) is 10.6. The van der Waals surface area contributed by atoms with E-state index in [9.17, 15) is 0 Å². The van der Waals surface area contributed by atoms with E-state index in [4.69, 9.17) is 0 Å². The number of anilines is 1. The molecule has 2 rings (SSSR count). The van der Waals surface area contributed by atoms with Crippen molar-refractivity contribution in [3.63, 3.8) is 0 Å². The third kappa shape index (κ3) is 3.94. The average Bonchev–Trinajstić information content (AvgIpc) is 2.44. The molecule has 0 bridgehead atoms. The number of hydrogen-bond donors (Lipinski definition) is 0. The molecular weight excluding hydrogens is 270 g/mol. The minimum absolute atomic E-state index is 0.169. The van der Waals surface area contributed by atoms with Gasteiger partial charge in [0.05, 0.1) is 0 Å². The highest BCUT2D eigenvalue weighted by molar-refractivity contribution is 5.80. The number of aromatic nitrogens is 1. The van der Waals surface area contributed by atoms with Crippen LogP contribution in [0.1, 0.15) is 37.5 Å². The van der Waals surface area contributed by atoms with E-state index in [1.807, 2.05) is 23.3 Å². The van der Waals surface area contributed by atoms with Gasteiger partial charge in [0.2, 0.25) is 12.4 Å². The summed E-state index contributed by atoms with van der Waals surface area (Å²) in [6.07, 6.45) is 5.89. The second-order valence-corrected chi connectivity index (χ2v) is 6.90. The Morgan fingerprint density at radius 3 is 2.18 bits per heavy atom. The number of pyridine rings is 1. The maximum absolute atomic E-state index is 4.49. The Balaban J connectivity index is 2.17. The van der Waals surface area contributed by atoms with Crippen LogP contribution in [-0.4, -0.2) is 20.3 Å². The molecule has 0 aliphatic rings. The van der Waals surface area contributed by atoms with E-state index in [0.717, 1.165) is 5.56 Å². The summed E-state index contributed by atoms with van der Waals surface area (Å²) in [5, 5.41) is 4.49. The van der Waals surface area contributed by atoms with Crippen LogP contribution in [0, 0.1) is 6.92 Å². The summed E-state index contributed by atoms with van der Waals surface area (Å²) in [5.74, 6) is 0. The summed E-state index contributed by atoms with van der Waals surface area (Å²) >= 11 is 0. The Kier molecular flexibility index (Phi) is 4.65. The molecule has 0 atom stereocenters. The molecule has 3 nitrogen and oxygen atoms in total. The fourth-order valence-corrected chi connectivity index (χ4v) is 2.39. The van der Waals surface area contributed by atoms with Gasteiger partial charge in [-0.3, -0.25) is 0 Å². The van der Waals surface area contributed by atoms with E-state index < -0.39 is 0 Å². The predicted molar refractivity (Wildman–Crippen MR) is 93.8 cm³/mol. The van der Waals surface area contributed by atoms with E-state index in [-0.39, 0.29) is 5.41 Å². The Bertz CT molecular complexity index is 662.